The van der Waals surface area contributed by atoms with Crippen LogP contribution in [0.15, 0.2) is 60.7 Å². The maximum absolute atomic E-state index is 11.4. The first-order valence-corrected chi connectivity index (χ1v) is 6.82. The molecule has 0 unspecified atom stereocenters. The largest absolute Gasteiger partial charge is 0.657 e. The Labute approximate surface area is 153 Å². The van der Waals surface area contributed by atoms with Gasteiger partial charge in [0.25, 0.3) is 0 Å². The Balaban J connectivity index is 0.00000147. The zero-order valence-corrected chi connectivity index (χ0v) is 15.1. The molecular weight excluding hydrogens is 375 g/mol. The Kier molecular flexibility index (Phi) is 5.74. The summed E-state index contributed by atoms with van der Waals surface area (Å²) in [5.74, 6) is 0. The quantitative estimate of drug-likeness (QED) is 0.852. The van der Waals surface area contributed by atoms with Crippen molar-refractivity contribution < 1.29 is 46.4 Å². The molecule has 2 aromatic carbocycles. The molecular formula is C17H18NOPr-. The van der Waals surface area contributed by atoms with Crippen molar-refractivity contribution in [1.82, 2.24) is 0 Å². The maximum Gasteiger partial charge on any atom is 0.0987 e. The van der Waals surface area contributed by atoms with Crippen molar-refractivity contribution in [3.8, 4) is 0 Å². The van der Waals surface area contributed by atoms with Gasteiger partial charge in [-0.25, -0.2) is 0 Å². The minimum absolute atomic E-state index is 0. The van der Waals surface area contributed by atoms with Crippen molar-refractivity contribution in [3.05, 3.63) is 77.1 Å². The van der Waals surface area contributed by atoms with Gasteiger partial charge in [0, 0.05) is 41.3 Å². The van der Waals surface area contributed by atoms with E-state index < -0.39 is 5.60 Å². The SMILES string of the molecule is OC(c1ccccc1)(c1ccccc1)[C@@H]1CCC[N-]1.[Pr]. The zero-order valence-electron chi connectivity index (χ0n) is 11.4. The van der Waals surface area contributed by atoms with Crippen LogP contribution in [0, 0.1) is 41.3 Å². The summed E-state index contributed by atoms with van der Waals surface area (Å²) in [5, 5.41) is 16.0. The second kappa shape index (κ2) is 7.13. The Morgan fingerprint density at radius 3 is 1.80 bits per heavy atom. The van der Waals surface area contributed by atoms with Crippen LogP contribution in [0.2, 0.25) is 0 Å². The molecule has 0 saturated carbocycles. The fourth-order valence-corrected chi connectivity index (χ4v) is 2.90. The van der Waals surface area contributed by atoms with Crippen LogP contribution in [0.3, 0.4) is 0 Å². The molecule has 20 heavy (non-hydrogen) atoms. The van der Waals surface area contributed by atoms with Gasteiger partial charge in [-0.15, -0.1) is 6.54 Å². The molecule has 1 aliphatic heterocycles. The molecule has 1 radical (unpaired) electrons. The van der Waals surface area contributed by atoms with E-state index in [0.717, 1.165) is 30.5 Å². The molecule has 0 spiro atoms. The van der Waals surface area contributed by atoms with Crippen LogP contribution < -0.4 is 0 Å². The van der Waals surface area contributed by atoms with Crippen molar-refractivity contribution in [2.75, 3.05) is 6.54 Å². The molecule has 1 fully saturated rings. The number of nitrogens with zero attached hydrogens (tertiary/aromatic N) is 1. The van der Waals surface area contributed by atoms with Gasteiger partial charge in [-0.05, 0) is 11.1 Å². The van der Waals surface area contributed by atoms with Gasteiger partial charge in [0.1, 0.15) is 0 Å². The minimum atomic E-state index is -1.00. The normalized spacial score (nSPS) is 18.6. The van der Waals surface area contributed by atoms with Gasteiger partial charge in [-0.1, -0.05) is 79.5 Å². The van der Waals surface area contributed by atoms with Crippen LogP contribution >= 0.6 is 0 Å². The van der Waals surface area contributed by atoms with E-state index in [1.54, 1.807) is 0 Å². The van der Waals surface area contributed by atoms with E-state index in [0.29, 0.717) is 0 Å². The van der Waals surface area contributed by atoms with Crippen LogP contribution in [0.4, 0.5) is 0 Å². The molecule has 1 atom stereocenters. The van der Waals surface area contributed by atoms with Crippen LogP contribution in [-0.2, 0) is 5.60 Å². The first-order chi connectivity index (χ1) is 9.32. The standard InChI is InChI=1S/C17H18NO.Pr/c19-17(16-12-7-13-18-16,14-8-3-1-4-9-14)15-10-5-2-6-11-15;/h1-6,8-11,16,19H,7,12-13H2;/q-1;/t16-;/m0./s1. The van der Waals surface area contributed by atoms with E-state index in [1.807, 2.05) is 60.7 Å². The van der Waals surface area contributed by atoms with E-state index >= 15 is 0 Å². The van der Waals surface area contributed by atoms with E-state index in [-0.39, 0.29) is 47.3 Å². The van der Waals surface area contributed by atoms with Gasteiger partial charge in [0.05, 0.1) is 5.60 Å². The predicted molar refractivity (Wildman–Crippen MR) is 77.1 cm³/mol. The van der Waals surface area contributed by atoms with Gasteiger partial charge in [0.2, 0.25) is 0 Å². The summed E-state index contributed by atoms with van der Waals surface area (Å²) in [7, 11) is 0. The van der Waals surface area contributed by atoms with Crippen molar-refractivity contribution >= 4 is 0 Å². The van der Waals surface area contributed by atoms with E-state index in [1.165, 1.54) is 0 Å². The molecule has 0 amide bonds. The van der Waals surface area contributed by atoms with Crippen LogP contribution in [0.25, 0.3) is 5.32 Å². The molecule has 101 valence electrons. The number of rotatable bonds is 3. The summed E-state index contributed by atoms with van der Waals surface area (Å²) in [6.45, 7) is 0.854. The Hall–Kier alpha value is -0.276. The summed E-state index contributed by atoms with van der Waals surface area (Å²) >= 11 is 0. The molecule has 1 N–H and O–H groups in total. The van der Waals surface area contributed by atoms with Gasteiger partial charge < -0.3 is 10.4 Å². The second-order valence-electron chi connectivity index (χ2n) is 5.06. The third kappa shape index (κ3) is 2.99. The molecule has 3 rings (SSSR count). The predicted octanol–water partition coefficient (Wildman–Crippen LogP) is 3.46. The average Bonchev–Trinajstić information content (AvgIpc) is 3.03. The zero-order chi connectivity index (χ0) is 13.1. The summed E-state index contributed by atoms with van der Waals surface area (Å²) in [4.78, 5) is 0. The summed E-state index contributed by atoms with van der Waals surface area (Å²) < 4.78 is 0. The second-order valence-corrected chi connectivity index (χ2v) is 5.06. The summed E-state index contributed by atoms with van der Waals surface area (Å²) in [6.07, 6.45) is 2.01. The smallest absolute Gasteiger partial charge is 0.0987 e. The fraction of sp³-hybridized carbons (Fsp3) is 0.294. The van der Waals surface area contributed by atoms with Crippen molar-refractivity contribution in [2.45, 2.75) is 24.5 Å². The number of aliphatic hydroxyl groups is 1. The first-order valence-electron chi connectivity index (χ1n) is 6.82. The molecule has 1 saturated heterocycles. The van der Waals surface area contributed by atoms with Gasteiger partial charge in [-0.3, -0.25) is 0 Å². The van der Waals surface area contributed by atoms with Crippen molar-refractivity contribution in [3.63, 3.8) is 0 Å². The van der Waals surface area contributed by atoms with E-state index in [4.69, 9.17) is 0 Å². The average molecular weight is 393 g/mol. The van der Waals surface area contributed by atoms with Crippen LogP contribution in [0.5, 0.6) is 0 Å². The molecule has 0 aliphatic carbocycles. The third-order valence-corrected chi connectivity index (χ3v) is 3.90. The molecule has 1 heterocycles. The summed E-state index contributed by atoms with van der Waals surface area (Å²) in [6, 6.07) is 19.7. The third-order valence-electron chi connectivity index (χ3n) is 3.90. The topological polar surface area (TPSA) is 34.3 Å². The summed E-state index contributed by atoms with van der Waals surface area (Å²) in [5.41, 5.74) is 0.854. The number of benzene rings is 2. The van der Waals surface area contributed by atoms with E-state index in [2.05, 4.69) is 5.32 Å². The molecule has 0 bridgehead atoms. The van der Waals surface area contributed by atoms with Crippen molar-refractivity contribution in [2.24, 2.45) is 0 Å². The molecule has 2 nitrogen and oxygen atoms in total. The van der Waals surface area contributed by atoms with Gasteiger partial charge in [-0.2, -0.15) is 0 Å². The minimum Gasteiger partial charge on any atom is -0.657 e. The van der Waals surface area contributed by atoms with Gasteiger partial charge >= 0.3 is 0 Å². The van der Waals surface area contributed by atoms with E-state index in [9.17, 15) is 5.11 Å². The van der Waals surface area contributed by atoms with Crippen LogP contribution in [0.1, 0.15) is 24.0 Å². The monoisotopic (exact) mass is 393 g/mol. The fourth-order valence-electron chi connectivity index (χ4n) is 2.90. The molecule has 0 aromatic heterocycles. The Morgan fingerprint density at radius 1 is 0.900 bits per heavy atom. The first kappa shape index (κ1) is 16.1. The number of hydrogen-bond donors (Lipinski definition) is 1. The maximum atomic E-state index is 11.4. The van der Waals surface area contributed by atoms with Crippen molar-refractivity contribution in [1.29, 1.82) is 0 Å². The Bertz CT molecular complexity index is 484. The Morgan fingerprint density at radius 2 is 1.40 bits per heavy atom. The van der Waals surface area contributed by atoms with Crippen LogP contribution in [-0.4, -0.2) is 17.7 Å². The molecule has 2 aromatic rings. The molecule has 3 heteroatoms. The number of hydrogen-bond acceptors (Lipinski definition) is 1. The van der Waals surface area contributed by atoms with Gasteiger partial charge in [0.15, 0.2) is 0 Å². The molecule has 1 aliphatic rings.